The Morgan fingerprint density at radius 2 is 0.804 bits per heavy atom. The maximum absolute atomic E-state index is 5.37. The molecule has 0 aliphatic carbocycles. The summed E-state index contributed by atoms with van der Waals surface area (Å²) >= 11 is 0. The fraction of sp³-hybridized carbons (Fsp3) is 0. The third kappa shape index (κ3) is 4.72. The van der Waals surface area contributed by atoms with Crippen LogP contribution in [0.2, 0.25) is 0 Å². The minimum atomic E-state index is 0.911. The number of benzene rings is 7. The number of fused-ring (bicyclic) bond motifs is 6. The van der Waals surface area contributed by atoms with Crippen LogP contribution in [0, 0.1) is 0 Å². The van der Waals surface area contributed by atoms with E-state index in [0.717, 1.165) is 61.8 Å². The summed E-state index contributed by atoms with van der Waals surface area (Å²) < 4.78 is 4.74. The van der Waals surface area contributed by atoms with Crippen LogP contribution in [0.15, 0.2) is 194 Å². The molecule has 0 bridgehead atoms. The van der Waals surface area contributed by atoms with Crippen molar-refractivity contribution in [1.82, 2.24) is 14.1 Å². The lowest BCUT2D eigenvalue weighted by atomic mass is 10.1. The van der Waals surface area contributed by atoms with Crippen LogP contribution in [0.25, 0.3) is 66.2 Å². The molecule has 10 rings (SSSR count). The Morgan fingerprint density at radius 1 is 0.373 bits per heavy atom. The molecule has 3 heterocycles. The number of rotatable bonds is 6. The fourth-order valence-corrected chi connectivity index (χ4v) is 7.73. The van der Waals surface area contributed by atoms with Gasteiger partial charge in [0.2, 0.25) is 0 Å². The predicted molar refractivity (Wildman–Crippen MR) is 213 cm³/mol. The van der Waals surface area contributed by atoms with Gasteiger partial charge >= 0.3 is 0 Å². The summed E-state index contributed by atoms with van der Waals surface area (Å²) in [5.41, 5.74) is 11.8. The number of para-hydroxylation sites is 6. The summed E-state index contributed by atoms with van der Waals surface area (Å²) in [5.74, 6) is 0. The Kier molecular flexibility index (Phi) is 6.78. The minimum absolute atomic E-state index is 0.911. The molecule has 0 saturated heterocycles. The second-order valence-electron chi connectivity index (χ2n) is 12.9. The number of anilines is 3. The van der Waals surface area contributed by atoms with Crippen LogP contribution in [-0.2, 0) is 0 Å². The lowest BCUT2D eigenvalue weighted by Crippen LogP contribution is -2.10. The average Bonchev–Trinajstić information content (AvgIpc) is 3.72. The molecule has 0 aliphatic heterocycles. The van der Waals surface area contributed by atoms with Gasteiger partial charge < -0.3 is 14.0 Å². The third-order valence-electron chi connectivity index (χ3n) is 9.92. The van der Waals surface area contributed by atoms with Crippen LogP contribution >= 0.6 is 0 Å². The highest BCUT2D eigenvalue weighted by atomic mass is 15.1. The van der Waals surface area contributed by atoms with Crippen LogP contribution in [-0.4, -0.2) is 14.1 Å². The van der Waals surface area contributed by atoms with Gasteiger partial charge in [0.05, 0.1) is 45.3 Å². The molecule has 0 saturated carbocycles. The van der Waals surface area contributed by atoms with E-state index in [2.05, 4.69) is 202 Å². The van der Waals surface area contributed by atoms with Gasteiger partial charge in [0, 0.05) is 44.2 Å². The fourth-order valence-electron chi connectivity index (χ4n) is 7.73. The molecular weight excluding hydrogens is 621 g/mol. The summed E-state index contributed by atoms with van der Waals surface area (Å²) in [7, 11) is 0. The van der Waals surface area contributed by atoms with E-state index in [-0.39, 0.29) is 0 Å². The monoisotopic (exact) mass is 652 g/mol. The lowest BCUT2D eigenvalue weighted by molar-refractivity contribution is 1.09. The van der Waals surface area contributed by atoms with Gasteiger partial charge in [0.1, 0.15) is 0 Å². The molecule has 240 valence electrons. The summed E-state index contributed by atoms with van der Waals surface area (Å²) in [5, 5.41) is 4.89. The summed E-state index contributed by atoms with van der Waals surface area (Å²) in [6, 6.07) is 66.8. The number of pyridine rings is 1. The van der Waals surface area contributed by atoms with Crippen molar-refractivity contribution in [3.8, 4) is 22.6 Å². The van der Waals surface area contributed by atoms with Crippen LogP contribution in [0.3, 0.4) is 0 Å². The van der Waals surface area contributed by atoms with Crippen molar-refractivity contribution in [3.05, 3.63) is 194 Å². The third-order valence-corrected chi connectivity index (χ3v) is 9.92. The van der Waals surface area contributed by atoms with Gasteiger partial charge in [-0.2, -0.15) is 0 Å². The number of hydrogen-bond donors (Lipinski definition) is 0. The molecule has 4 nitrogen and oxygen atoms in total. The normalized spacial score (nSPS) is 11.5. The molecule has 0 atom stereocenters. The highest BCUT2D eigenvalue weighted by Crippen LogP contribution is 2.40. The van der Waals surface area contributed by atoms with Gasteiger partial charge in [-0.15, -0.1) is 0 Å². The van der Waals surface area contributed by atoms with Crippen molar-refractivity contribution in [2.24, 2.45) is 0 Å². The van der Waals surface area contributed by atoms with Crippen LogP contribution in [0.4, 0.5) is 17.1 Å². The van der Waals surface area contributed by atoms with E-state index < -0.39 is 0 Å². The molecule has 7 aromatic carbocycles. The Bertz CT molecular complexity index is 2720. The van der Waals surface area contributed by atoms with Crippen molar-refractivity contribution in [1.29, 1.82) is 0 Å². The summed E-state index contributed by atoms with van der Waals surface area (Å²) in [6.45, 7) is 0. The zero-order valence-corrected chi connectivity index (χ0v) is 27.8. The molecule has 0 spiro atoms. The topological polar surface area (TPSA) is 26.0 Å². The summed E-state index contributed by atoms with van der Waals surface area (Å²) in [6.07, 6.45) is 2.03. The molecular formula is C47H32N4. The highest BCUT2D eigenvalue weighted by Gasteiger charge is 2.21. The molecule has 4 heteroatoms. The largest absolute Gasteiger partial charge is 0.310 e. The molecule has 0 N–H and O–H groups in total. The van der Waals surface area contributed by atoms with Crippen molar-refractivity contribution in [2.75, 3.05) is 4.90 Å². The average molecular weight is 653 g/mol. The Labute approximate surface area is 295 Å². The Balaban J connectivity index is 1.25. The van der Waals surface area contributed by atoms with E-state index in [9.17, 15) is 0 Å². The zero-order chi connectivity index (χ0) is 33.7. The Morgan fingerprint density at radius 3 is 1.31 bits per heavy atom. The van der Waals surface area contributed by atoms with E-state index in [4.69, 9.17) is 4.98 Å². The van der Waals surface area contributed by atoms with Gasteiger partial charge in [-0.05, 0) is 66.7 Å². The first-order chi connectivity index (χ1) is 25.3. The van der Waals surface area contributed by atoms with Crippen molar-refractivity contribution >= 4 is 60.7 Å². The molecule has 0 unspecified atom stereocenters. The van der Waals surface area contributed by atoms with Gasteiger partial charge in [-0.25, -0.2) is 0 Å². The van der Waals surface area contributed by atoms with E-state index in [1.165, 1.54) is 21.5 Å². The molecule has 0 amide bonds. The maximum Gasteiger partial charge on any atom is 0.0944 e. The molecule has 51 heavy (non-hydrogen) atoms. The SMILES string of the molecule is c1ccc(N(c2ccccc2)c2cccc(-c3ncc(-n4c5ccccc5c5ccccc54)cc3-n3c4ccccc4c4ccccc43)c2)cc1. The Hall–Kier alpha value is -6.91. The van der Waals surface area contributed by atoms with Crippen LogP contribution in [0.5, 0.6) is 0 Å². The number of nitrogens with zero attached hydrogens (tertiary/aromatic N) is 4. The molecule has 10 aromatic rings. The smallest absolute Gasteiger partial charge is 0.0944 e. The standard InChI is InChI=1S/C47H32N4/c1-3-17-34(18-4-1)49(35-19-5-2-6-20-35)36-21-15-16-33(30-36)47-46(51-44-28-13-9-24-40(44)41-25-10-14-29-45(41)51)31-37(32-48-47)50-42-26-11-7-22-38(42)39-23-8-12-27-43(39)50/h1-32H. The first kappa shape index (κ1) is 29.0. The van der Waals surface area contributed by atoms with E-state index in [0.29, 0.717) is 0 Å². The molecule has 0 fully saturated rings. The summed E-state index contributed by atoms with van der Waals surface area (Å²) in [4.78, 5) is 7.68. The van der Waals surface area contributed by atoms with E-state index in [1.807, 2.05) is 6.20 Å². The van der Waals surface area contributed by atoms with E-state index in [1.54, 1.807) is 0 Å². The quantitative estimate of drug-likeness (QED) is 0.179. The van der Waals surface area contributed by atoms with Crippen LogP contribution in [0.1, 0.15) is 0 Å². The van der Waals surface area contributed by atoms with Crippen molar-refractivity contribution < 1.29 is 0 Å². The zero-order valence-electron chi connectivity index (χ0n) is 27.8. The highest BCUT2D eigenvalue weighted by molar-refractivity contribution is 6.11. The first-order valence-corrected chi connectivity index (χ1v) is 17.3. The van der Waals surface area contributed by atoms with Gasteiger partial charge in [0.15, 0.2) is 0 Å². The second-order valence-corrected chi connectivity index (χ2v) is 12.9. The first-order valence-electron chi connectivity index (χ1n) is 17.3. The van der Waals surface area contributed by atoms with E-state index >= 15 is 0 Å². The number of hydrogen-bond acceptors (Lipinski definition) is 2. The van der Waals surface area contributed by atoms with Crippen molar-refractivity contribution in [2.45, 2.75) is 0 Å². The van der Waals surface area contributed by atoms with Gasteiger partial charge in [-0.3, -0.25) is 4.98 Å². The van der Waals surface area contributed by atoms with Gasteiger partial charge in [-0.1, -0.05) is 121 Å². The van der Waals surface area contributed by atoms with Gasteiger partial charge in [0.25, 0.3) is 0 Å². The van der Waals surface area contributed by atoms with Crippen molar-refractivity contribution in [3.63, 3.8) is 0 Å². The molecule has 0 radical (unpaired) electrons. The predicted octanol–water partition coefficient (Wildman–Crippen LogP) is 12.4. The minimum Gasteiger partial charge on any atom is -0.310 e. The van der Waals surface area contributed by atoms with Crippen LogP contribution < -0.4 is 4.90 Å². The lowest BCUT2D eigenvalue weighted by Gasteiger charge is -2.26. The second kappa shape index (κ2) is 11.9. The number of aromatic nitrogens is 3. The molecule has 0 aliphatic rings. The molecule has 3 aromatic heterocycles. The maximum atomic E-state index is 5.37.